The van der Waals surface area contributed by atoms with Gasteiger partial charge in [0, 0.05) is 26.1 Å². The zero-order valence-electron chi connectivity index (χ0n) is 11.8. The molecule has 1 unspecified atom stereocenters. The molecular formula is C15H20N2O4. The molecule has 2 aliphatic rings. The Morgan fingerprint density at radius 2 is 2.05 bits per heavy atom. The summed E-state index contributed by atoms with van der Waals surface area (Å²) < 4.78 is 5.30. The second kappa shape index (κ2) is 6.01. The highest BCUT2D eigenvalue weighted by molar-refractivity contribution is 5.96. The molecule has 1 saturated heterocycles. The van der Waals surface area contributed by atoms with Gasteiger partial charge in [0.15, 0.2) is 0 Å². The molecule has 0 aliphatic carbocycles. The van der Waals surface area contributed by atoms with Crippen LogP contribution in [0.15, 0.2) is 12.1 Å². The van der Waals surface area contributed by atoms with E-state index in [9.17, 15) is 15.0 Å². The van der Waals surface area contributed by atoms with E-state index in [4.69, 9.17) is 4.74 Å². The molecule has 1 aromatic carbocycles. The minimum Gasteiger partial charge on any atom is -0.506 e. The summed E-state index contributed by atoms with van der Waals surface area (Å²) in [6.45, 7) is 3.55. The molecule has 6 nitrogen and oxygen atoms in total. The number of anilines is 1. The number of carbonyl (C=O) groups is 1. The van der Waals surface area contributed by atoms with Crippen LogP contribution >= 0.6 is 0 Å². The number of morpholine rings is 1. The van der Waals surface area contributed by atoms with E-state index in [1.165, 1.54) is 6.07 Å². The molecule has 3 rings (SSSR count). The fourth-order valence-corrected chi connectivity index (χ4v) is 2.94. The standard InChI is InChI=1S/C15H20N2O4/c18-12-3-1-10(11-2-4-14(20)16-15(11)12)13(19)9-17-5-7-21-8-6-17/h1,3,13,18-19H,2,4-9H2,(H,16,20). The lowest BCUT2D eigenvalue weighted by Crippen LogP contribution is -2.39. The highest BCUT2D eigenvalue weighted by atomic mass is 16.5. The van der Waals surface area contributed by atoms with Crippen molar-refractivity contribution >= 4 is 11.6 Å². The monoisotopic (exact) mass is 292 g/mol. The third-order valence-electron chi connectivity index (χ3n) is 4.09. The molecule has 2 heterocycles. The molecule has 0 saturated carbocycles. The third-order valence-corrected chi connectivity index (χ3v) is 4.09. The van der Waals surface area contributed by atoms with Crippen molar-refractivity contribution in [2.45, 2.75) is 18.9 Å². The van der Waals surface area contributed by atoms with Crippen LogP contribution in [0.5, 0.6) is 5.75 Å². The molecular weight excluding hydrogens is 272 g/mol. The maximum atomic E-state index is 11.5. The SMILES string of the molecule is O=C1CCc2c(C(O)CN3CCOCC3)ccc(O)c2N1. The molecule has 1 fully saturated rings. The average molecular weight is 292 g/mol. The van der Waals surface area contributed by atoms with Crippen molar-refractivity contribution in [3.63, 3.8) is 0 Å². The van der Waals surface area contributed by atoms with Gasteiger partial charge in [0.2, 0.25) is 5.91 Å². The molecule has 1 atom stereocenters. The number of hydrogen-bond donors (Lipinski definition) is 3. The Bertz CT molecular complexity index is 541. The van der Waals surface area contributed by atoms with E-state index in [1.54, 1.807) is 6.07 Å². The summed E-state index contributed by atoms with van der Waals surface area (Å²) in [7, 11) is 0. The average Bonchev–Trinajstić information content (AvgIpc) is 2.49. The molecule has 0 bridgehead atoms. The zero-order chi connectivity index (χ0) is 14.8. The second-order valence-corrected chi connectivity index (χ2v) is 5.50. The normalized spacial score (nSPS) is 20.7. The number of aromatic hydroxyl groups is 1. The van der Waals surface area contributed by atoms with Gasteiger partial charge >= 0.3 is 0 Å². The summed E-state index contributed by atoms with van der Waals surface area (Å²) in [6.07, 6.45) is 0.297. The predicted octanol–water partition coefficient (Wildman–Crippen LogP) is 0.642. The van der Waals surface area contributed by atoms with E-state index in [0.717, 1.165) is 24.2 Å². The van der Waals surface area contributed by atoms with Gasteiger partial charge in [-0.1, -0.05) is 6.07 Å². The van der Waals surface area contributed by atoms with Gasteiger partial charge in [-0.05, 0) is 23.6 Å². The number of carbonyl (C=O) groups excluding carboxylic acids is 1. The minimum absolute atomic E-state index is 0.0559. The lowest BCUT2D eigenvalue weighted by atomic mass is 9.93. The van der Waals surface area contributed by atoms with Crippen molar-refractivity contribution in [1.29, 1.82) is 0 Å². The van der Waals surface area contributed by atoms with Crippen molar-refractivity contribution in [3.8, 4) is 5.75 Å². The number of fused-ring (bicyclic) bond motifs is 1. The van der Waals surface area contributed by atoms with Crippen LogP contribution in [-0.4, -0.2) is 53.9 Å². The molecule has 0 spiro atoms. The summed E-state index contributed by atoms with van der Waals surface area (Å²) in [5, 5.41) is 23.1. The van der Waals surface area contributed by atoms with Crippen molar-refractivity contribution in [1.82, 2.24) is 4.90 Å². The number of nitrogens with zero attached hydrogens (tertiary/aromatic N) is 1. The van der Waals surface area contributed by atoms with Crippen LogP contribution < -0.4 is 5.32 Å². The van der Waals surface area contributed by atoms with Gasteiger partial charge in [-0.2, -0.15) is 0 Å². The largest absolute Gasteiger partial charge is 0.506 e. The number of ether oxygens (including phenoxy) is 1. The van der Waals surface area contributed by atoms with E-state index >= 15 is 0 Å². The minimum atomic E-state index is -0.632. The molecule has 1 amide bonds. The van der Waals surface area contributed by atoms with Crippen molar-refractivity contribution in [2.75, 3.05) is 38.2 Å². The van der Waals surface area contributed by atoms with Gasteiger partial charge < -0.3 is 20.3 Å². The number of aliphatic hydroxyl groups excluding tert-OH is 1. The number of nitrogens with one attached hydrogen (secondary N) is 1. The first-order valence-electron chi connectivity index (χ1n) is 7.28. The zero-order valence-corrected chi connectivity index (χ0v) is 11.8. The Morgan fingerprint density at radius 3 is 2.81 bits per heavy atom. The van der Waals surface area contributed by atoms with Crippen LogP contribution in [0.4, 0.5) is 5.69 Å². The number of phenolic OH excluding ortho intramolecular Hbond substituents is 1. The molecule has 114 valence electrons. The number of β-amino-alcohol motifs (C(OH)–C–C–N with tert-alkyl or cyclic N) is 1. The summed E-state index contributed by atoms with van der Waals surface area (Å²) in [4.78, 5) is 13.6. The maximum absolute atomic E-state index is 11.5. The summed E-state index contributed by atoms with van der Waals surface area (Å²) in [6, 6.07) is 3.28. The Labute approximate surface area is 123 Å². The highest BCUT2D eigenvalue weighted by Crippen LogP contribution is 2.36. The summed E-state index contributed by atoms with van der Waals surface area (Å²) in [5.74, 6) is -0.0435. The second-order valence-electron chi connectivity index (χ2n) is 5.50. The Kier molecular flexibility index (Phi) is 4.10. The van der Waals surface area contributed by atoms with Crippen molar-refractivity contribution in [2.24, 2.45) is 0 Å². The molecule has 0 aromatic heterocycles. The lowest BCUT2D eigenvalue weighted by Gasteiger charge is -2.30. The van der Waals surface area contributed by atoms with Crippen LogP contribution in [0.1, 0.15) is 23.7 Å². The number of aliphatic hydroxyl groups is 1. The van der Waals surface area contributed by atoms with Crippen LogP contribution in [0.25, 0.3) is 0 Å². The van der Waals surface area contributed by atoms with Crippen molar-refractivity contribution in [3.05, 3.63) is 23.3 Å². The van der Waals surface area contributed by atoms with E-state index in [2.05, 4.69) is 10.2 Å². The Morgan fingerprint density at radius 1 is 1.29 bits per heavy atom. The fourth-order valence-electron chi connectivity index (χ4n) is 2.94. The highest BCUT2D eigenvalue weighted by Gasteiger charge is 2.25. The number of amides is 1. The third kappa shape index (κ3) is 3.02. The summed E-state index contributed by atoms with van der Waals surface area (Å²) >= 11 is 0. The Hall–Kier alpha value is -1.63. The summed E-state index contributed by atoms with van der Waals surface area (Å²) in [5.41, 5.74) is 2.08. The molecule has 21 heavy (non-hydrogen) atoms. The molecule has 2 aliphatic heterocycles. The fraction of sp³-hybridized carbons (Fsp3) is 0.533. The smallest absolute Gasteiger partial charge is 0.224 e. The first kappa shape index (κ1) is 14.3. The first-order valence-corrected chi connectivity index (χ1v) is 7.28. The molecule has 3 N–H and O–H groups in total. The van der Waals surface area contributed by atoms with Crippen LogP contribution in [-0.2, 0) is 16.0 Å². The van der Waals surface area contributed by atoms with Gasteiger partial charge in [-0.3, -0.25) is 9.69 Å². The van der Waals surface area contributed by atoms with Gasteiger partial charge in [0.25, 0.3) is 0 Å². The maximum Gasteiger partial charge on any atom is 0.224 e. The lowest BCUT2D eigenvalue weighted by molar-refractivity contribution is -0.116. The van der Waals surface area contributed by atoms with Crippen molar-refractivity contribution < 1.29 is 19.7 Å². The number of hydrogen-bond acceptors (Lipinski definition) is 5. The number of rotatable bonds is 3. The number of phenols is 1. The van der Waals surface area contributed by atoms with E-state index < -0.39 is 6.10 Å². The van der Waals surface area contributed by atoms with Crippen LogP contribution in [0.3, 0.4) is 0 Å². The van der Waals surface area contributed by atoms with Gasteiger partial charge in [-0.25, -0.2) is 0 Å². The quantitative estimate of drug-likeness (QED) is 0.712. The molecule has 6 heteroatoms. The first-order chi connectivity index (χ1) is 10.1. The molecule has 1 aromatic rings. The Balaban J connectivity index is 1.81. The van der Waals surface area contributed by atoms with E-state index in [1.807, 2.05) is 0 Å². The van der Waals surface area contributed by atoms with E-state index in [-0.39, 0.29) is 11.7 Å². The van der Waals surface area contributed by atoms with Crippen LogP contribution in [0, 0.1) is 0 Å². The van der Waals surface area contributed by atoms with Gasteiger partial charge in [0.1, 0.15) is 5.75 Å². The topological polar surface area (TPSA) is 82.0 Å². The van der Waals surface area contributed by atoms with Crippen LogP contribution in [0.2, 0.25) is 0 Å². The molecule has 0 radical (unpaired) electrons. The van der Waals surface area contributed by atoms with E-state index in [0.29, 0.717) is 38.3 Å². The van der Waals surface area contributed by atoms with Gasteiger partial charge in [-0.15, -0.1) is 0 Å². The predicted molar refractivity (Wildman–Crippen MR) is 77.3 cm³/mol. The van der Waals surface area contributed by atoms with Gasteiger partial charge in [0.05, 0.1) is 25.0 Å². The number of benzene rings is 1.